The molecule has 2 aromatic carbocycles. The number of methoxy groups -OCH3 is 1. The van der Waals surface area contributed by atoms with Gasteiger partial charge < -0.3 is 10.5 Å². The van der Waals surface area contributed by atoms with Gasteiger partial charge in [0.1, 0.15) is 5.75 Å². The molecule has 2 rings (SSSR count). The van der Waals surface area contributed by atoms with Crippen LogP contribution < -0.4 is 10.5 Å². The Balaban J connectivity index is 2.12. The fourth-order valence-corrected chi connectivity index (χ4v) is 3.27. The Kier molecular flexibility index (Phi) is 5.61. The average molecular weight is 328 g/mol. The first-order valence-corrected chi connectivity index (χ1v) is 7.82. The molecule has 0 aliphatic carbocycles. The first kappa shape index (κ1) is 15.5. The van der Waals surface area contributed by atoms with Crippen LogP contribution in [0.3, 0.4) is 0 Å². The lowest BCUT2D eigenvalue weighted by Gasteiger charge is -2.10. The largest absolute Gasteiger partial charge is 0.496 e. The van der Waals surface area contributed by atoms with Gasteiger partial charge in [0.15, 0.2) is 0 Å². The molecule has 0 saturated heterocycles. The van der Waals surface area contributed by atoms with Crippen LogP contribution in [0.1, 0.15) is 11.1 Å². The molecule has 2 aromatic rings. The van der Waals surface area contributed by atoms with E-state index >= 15 is 0 Å². The molecular weight excluding hydrogens is 313 g/mol. The standard InChI is InChI=1S/C15H15Cl2NOS/c1-19-14-5-2-10(6-11(14)8-18)9-20-15-7-12(16)3-4-13(15)17/h2-7H,8-9,18H2,1H3. The Morgan fingerprint density at radius 3 is 2.65 bits per heavy atom. The summed E-state index contributed by atoms with van der Waals surface area (Å²) in [7, 11) is 1.65. The fourth-order valence-electron chi connectivity index (χ4n) is 1.83. The molecule has 2 nitrogen and oxygen atoms in total. The summed E-state index contributed by atoms with van der Waals surface area (Å²) in [6.45, 7) is 0.458. The van der Waals surface area contributed by atoms with Crippen LogP contribution >= 0.6 is 35.0 Å². The van der Waals surface area contributed by atoms with Crippen molar-refractivity contribution in [1.29, 1.82) is 0 Å². The highest BCUT2D eigenvalue weighted by Crippen LogP contribution is 2.32. The lowest BCUT2D eigenvalue weighted by Crippen LogP contribution is -2.00. The van der Waals surface area contributed by atoms with Crippen LogP contribution in [0.5, 0.6) is 5.75 Å². The Morgan fingerprint density at radius 2 is 1.95 bits per heavy atom. The van der Waals surface area contributed by atoms with E-state index < -0.39 is 0 Å². The number of ether oxygens (including phenoxy) is 1. The zero-order valence-corrected chi connectivity index (χ0v) is 13.4. The number of hydrogen-bond donors (Lipinski definition) is 1. The number of thioether (sulfide) groups is 1. The quantitative estimate of drug-likeness (QED) is 0.804. The number of hydrogen-bond acceptors (Lipinski definition) is 3. The maximum atomic E-state index is 6.15. The van der Waals surface area contributed by atoms with Gasteiger partial charge in [-0.15, -0.1) is 11.8 Å². The molecular formula is C15H15Cl2NOS. The predicted molar refractivity (Wildman–Crippen MR) is 86.9 cm³/mol. The summed E-state index contributed by atoms with van der Waals surface area (Å²) >= 11 is 13.8. The maximum absolute atomic E-state index is 6.15. The molecule has 2 N–H and O–H groups in total. The first-order chi connectivity index (χ1) is 9.63. The van der Waals surface area contributed by atoms with Gasteiger partial charge in [0.25, 0.3) is 0 Å². The zero-order valence-electron chi connectivity index (χ0n) is 11.0. The summed E-state index contributed by atoms with van der Waals surface area (Å²) in [4.78, 5) is 0.976. The first-order valence-electron chi connectivity index (χ1n) is 6.07. The van der Waals surface area contributed by atoms with E-state index in [0.29, 0.717) is 16.6 Å². The van der Waals surface area contributed by atoms with Crippen molar-refractivity contribution >= 4 is 35.0 Å². The fraction of sp³-hybridized carbons (Fsp3) is 0.200. The number of benzene rings is 2. The Morgan fingerprint density at radius 1 is 1.15 bits per heavy atom. The highest BCUT2D eigenvalue weighted by atomic mass is 35.5. The molecule has 0 fully saturated rings. The molecule has 0 aliphatic heterocycles. The third-order valence-electron chi connectivity index (χ3n) is 2.85. The van der Waals surface area contributed by atoms with Crippen LogP contribution in [0.2, 0.25) is 10.0 Å². The van der Waals surface area contributed by atoms with Crippen molar-refractivity contribution in [3.8, 4) is 5.75 Å². The van der Waals surface area contributed by atoms with Gasteiger partial charge >= 0.3 is 0 Å². The Bertz CT molecular complexity index is 604. The molecule has 106 valence electrons. The molecule has 0 unspecified atom stereocenters. The SMILES string of the molecule is COc1ccc(CSc2cc(Cl)ccc2Cl)cc1CN. The lowest BCUT2D eigenvalue weighted by molar-refractivity contribution is 0.409. The van der Waals surface area contributed by atoms with Crippen molar-refractivity contribution in [2.24, 2.45) is 5.73 Å². The smallest absolute Gasteiger partial charge is 0.123 e. The van der Waals surface area contributed by atoms with E-state index in [2.05, 4.69) is 6.07 Å². The van der Waals surface area contributed by atoms with Crippen LogP contribution in [0.15, 0.2) is 41.3 Å². The van der Waals surface area contributed by atoms with Gasteiger partial charge in [0, 0.05) is 27.8 Å². The summed E-state index contributed by atoms with van der Waals surface area (Å²) < 4.78 is 5.26. The van der Waals surface area contributed by atoms with Gasteiger partial charge in [-0.3, -0.25) is 0 Å². The van der Waals surface area contributed by atoms with Crippen molar-refractivity contribution in [2.45, 2.75) is 17.2 Å². The van der Waals surface area contributed by atoms with Gasteiger partial charge in [0.05, 0.1) is 12.1 Å². The van der Waals surface area contributed by atoms with Crippen LogP contribution in [0.4, 0.5) is 0 Å². The topological polar surface area (TPSA) is 35.2 Å². The van der Waals surface area contributed by atoms with Gasteiger partial charge in [-0.25, -0.2) is 0 Å². The molecule has 0 radical (unpaired) electrons. The highest BCUT2D eigenvalue weighted by molar-refractivity contribution is 7.98. The van der Waals surface area contributed by atoms with Crippen molar-refractivity contribution in [3.05, 3.63) is 57.6 Å². The minimum absolute atomic E-state index is 0.458. The van der Waals surface area contributed by atoms with Gasteiger partial charge in [-0.2, -0.15) is 0 Å². The van der Waals surface area contributed by atoms with Gasteiger partial charge in [0.2, 0.25) is 0 Å². The second-order valence-corrected chi connectivity index (χ2v) is 6.07. The Labute approximate surface area is 133 Å². The van der Waals surface area contributed by atoms with E-state index in [1.54, 1.807) is 24.9 Å². The van der Waals surface area contributed by atoms with Crippen LogP contribution in [0.25, 0.3) is 0 Å². The monoisotopic (exact) mass is 327 g/mol. The normalized spacial score (nSPS) is 10.6. The number of rotatable bonds is 5. The molecule has 0 spiro atoms. The van der Waals surface area contributed by atoms with E-state index in [1.807, 2.05) is 24.3 Å². The summed E-state index contributed by atoms with van der Waals surface area (Å²) in [6, 6.07) is 11.5. The van der Waals surface area contributed by atoms with Crippen molar-refractivity contribution in [2.75, 3.05) is 7.11 Å². The molecule has 0 bridgehead atoms. The third-order valence-corrected chi connectivity index (χ3v) is 4.66. The van der Waals surface area contributed by atoms with Crippen molar-refractivity contribution in [1.82, 2.24) is 0 Å². The average Bonchev–Trinajstić information content (AvgIpc) is 2.47. The summed E-state index contributed by atoms with van der Waals surface area (Å²) in [5.41, 5.74) is 7.90. The summed E-state index contributed by atoms with van der Waals surface area (Å²) in [6.07, 6.45) is 0. The van der Waals surface area contributed by atoms with E-state index in [-0.39, 0.29) is 0 Å². The number of nitrogens with two attached hydrogens (primary N) is 1. The zero-order chi connectivity index (χ0) is 14.5. The second-order valence-electron chi connectivity index (χ2n) is 4.21. The van der Waals surface area contributed by atoms with E-state index in [0.717, 1.165) is 22.0 Å². The molecule has 5 heteroatoms. The second kappa shape index (κ2) is 7.23. The van der Waals surface area contributed by atoms with E-state index in [1.165, 1.54) is 5.56 Å². The maximum Gasteiger partial charge on any atom is 0.123 e. The third kappa shape index (κ3) is 3.83. The molecule has 20 heavy (non-hydrogen) atoms. The summed E-state index contributed by atoms with van der Waals surface area (Å²) in [5.74, 6) is 1.62. The minimum atomic E-state index is 0.458. The molecule has 0 aromatic heterocycles. The molecule has 0 saturated carbocycles. The van der Waals surface area contributed by atoms with Crippen molar-refractivity contribution < 1.29 is 4.74 Å². The Hall–Kier alpha value is -0.870. The van der Waals surface area contributed by atoms with E-state index in [9.17, 15) is 0 Å². The molecule has 0 amide bonds. The summed E-state index contributed by atoms with van der Waals surface area (Å²) in [5, 5.41) is 1.40. The molecule has 0 atom stereocenters. The predicted octanol–water partition coefficient (Wildman–Crippen LogP) is 4.75. The van der Waals surface area contributed by atoms with Crippen LogP contribution in [-0.4, -0.2) is 7.11 Å². The molecule has 0 aliphatic rings. The number of halogens is 2. The van der Waals surface area contributed by atoms with Gasteiger partial charge in [-0.1, -0.05) is 29.3 Å². The van der Waals surface area contributed by atoms with Crippen LogP contribution in [0, 0.1) is 0 Å². The van der Waals surface area contributed by atoms with Gasteiger partial charge in [-0.05, 0) is 35.9 Å². The lowest BCUT2D eigenvalue weighted by atomic mass is 10.1. The van der Waals surface area contributed by atoms with Crippen LogP contribution in [-0.2, 0) is 12.3 Å². The highest BCUT2D eigenvalue weighted by Gasteiger charge is 2.06. The van der Waals surface area contributed by atoms with Crippen molar-refractivity contribution in [3.63, 3.8) is 0 Å². The minimum Gasteiger partial charge on any atom is -0.496 e. The molecule has 0 heterocycles. The van der Waals surface area contributed by atoms with E-state index in [4.69, 9.17) is 33.7 Å².